The van der Waals surface area contributed by atoms with Crippen molar-refractivity contribution in [3.63, 3.8) is 0 Å². The molecule has 150 valence electrons. The molecule has 1 fully saturated rings. The first-order valence-corrected chi connectivity index (χ1v) is 9.89. The first-order chi connectivity index (χ1) is 14.3. The van der Waals surface area contributed by atoms with Crippen LogP contribution in [0.2, 0.25) is 0 Å². The van der Waals surface area contributed by atoms with Gasteiger partial charge in [0.15, 0.2) is 0 Å². The van der Waals surface area contributed by atoms with Crippen molar-refractivity contribution in [2.24, 2.45) is 0 Å². The van der Waals surface area contributed by atoms with Crippen LogP contribution in [0, 0.1) is 0 Å². The minimum Gasteiger partial charge on any atom is -0.351 e. The van der Waals surface area contributed by atoms with Gasteiger partial charge in [0.2, 0.25) is 0 Å². The SMILES string of the molecule is O=C(NCCN1CCN(Cc2ccccc2)CC1)c1ccccc1-n1cnnn1. The molecule has 29 heavy (non-hydrogen) atoms. The molecule has 8 nitrogen and oxygen atoms in total. The van der Waals surface area contributed by atoms with E-state index in [1.165, 1.54) is 16.6 Å². The van der Waals surface area contributed by atoms with Crippen LogP contribution in [0.1, 0.15) is 15.9 Å². The number of carbonyl (C=O) groups is 1. The van der Waals surface area contributed by atoms with Gasteiger partial charge < -0.3 is 5.32 Å². The number of piperazine rings is 1. The van der Waals surface area contributed by atoms with Gasteiger partial charge in [-0.25, -0.2) is 0 Å². The standard InChI is InChI=1S/C21H25N7O/c29-21(19-8-4-5-9-20(19)28-17-23-24-25-28)22-10-11-26-12-14-27(15-13-26)16-18-6-2-1-3-7-18/h1-9,17H,10-16H2,(H,22,29). The largest absolute Gasteiger partial charge is 0.351 e. The molecule has 1 saturated heterocycles. The average molecular weight is 391 g/mol. The number of para-hydroxylation sites is 1. The predicted octanol–water partition coefficient (Wildman–Crippen LogP) is 1.21. The highest BCUT2D eigenvalue weighted by atomic mass is 16.1. The van der Waals surface area contributed by atoms with Gasteiger partial charge in [-0.05, 0) is 28.1 Å². The Bertz CT molecular complexity index is 906. The lowest BCUT2D eigenvalue weighted by atomic mass is 10.1. The highest BCUT2D eigenvalue weighted by Gasteiger charge is 2.17. The van der Waals surface area contributed by atoms with Gasteiger partial charge in [0.25, 0.3) is 5.91 Å². The van der Waals surface area contributed by atoms with E-state index < -0.39 is 0 Å². The average Bonchev–Trinajstić information content (AvgIpc) is 3.30. The number of benzene rings is 2. The van der Waals surface area contributed by atoms with Gasteiger partial charge in [-0.3, -0.25) is 14.6 Å². The van der Waals surface area contributed by atoms with Gasteiger partial charge in [-0.1, -0.05) is 42.5 Å². The van der Waals surface area contributed by atoms with E-state index in [1.807, 2.05) is 18.2 Å². The Labute approximate surface area is 170 Å². The summed E-state index contributed by atoms with van der Waals surface area (Å²) in [6, 6.07) is 17.9. The van der Waals surface area contributed by atoms with E-state index in [1.54, 1.807) is 6.07 Å². The Morgan fingerprint density at radius 3 is 2.41 bits per heavy atom. The smallest absolute Gasteiger partial charge is 0.253 e. The van der Waals surface area contributed by atoms with Crippen LogP contribution in [0.25, 0.3) is 5.69 Å². The van der Waals surface area contributed by atoms with Crippen molar-refractivity contribution in [2.75, 3.05) is 39.3 Å². The lowest BCUT2D eigenvalue weighted by Crippen LogP contribution is -2.48. The summed E-state index contributed by atoms with van der Waals surface area (Å²) < 4.78 is 1.50. The summed E-state index contributed by atoms with van der Waals surface area (Å²) >= 11 is 0. The molecule has 0 radical (unpaired) electrons. The molecule has 0 spiro atoms. The minimum absolute atomic E-state index is 0.112. The number of aromatic nitrogens is 4. The monoisotopic (exact) mass is 391 g/mol. The molecule has 4 rings (SSSR count). The fraction of sp³-hybridized carbons (Fsp3) is 0.333. The summed E-state index contributed by atoms with van der Waals surface area (Å²) in [6.07, 6.45) is 1.49. The number of nitrogens with one attached hydrogen (secondary N) is 1. The van der Waals surface area contributed by atoms with E-state index >= 15 is 0 Å². The molecule has 0 saturated carbocycles. The molecule has 8 heteroatoms. The quantitative estimate of drug-likeness (QED) is 0.652. The molecule has 2 aromatic carbocycles. The fourth-order valence-corrected chi connectivity index (χ4v) is 3.57. The minimum atomic E-state index is -0.112. The summed E-state index contributed by atoms with van der Waals surface area (Å²) in [5, 5.41) is 14.2. The maximum Gasteiger partial charge on any atom is 0.253 e. The molecule has 1 N–H and O–H groups in total. The van der Waals surface area contributed by atoms with Crippen molar-refractivity contribution in [3.8, 4) is 5.69 Å². The molecule has 2 heterocycles. The molecule has 3 aromatic rings. The van der Waals surface area contributed by atoms with E-state index in [2.05, 4.69) is 61.0 Å². The topological polar surface area (TPSA) is 79.2 Å². The molecule has 0 bridgehead atoms. The lowest BCUT2D eigenvalue weighted by Gasteiger charge is -2.34. The Balaban J connectivity index is 1.23. The Morgan fingerprint density at radius 2 is 1.66 bits per heavy atom. The number of amides is 1. The Hall–Kier alpha value is -3.10. The van der Waals surface area contributed by atoms with Crippen LogP contribution in [0.3, 0.4) is 0 Å². The van der Waals surface area contributed by atoms with Crippen LogP contribution in [-0.2, 0) is 6.54 Å². The zero-order valence-corrected chi connectivity index (χ0v) is 16.3. The number of carbonyl (C=O) groups excluding carboxylic acids is 1. The highest BCUT2D eigenvalue weighted by Crippen LogP contribution is 2.12. The Kier molecular flexibility index (Phi) is 6.23. The van der Waals surface area contributed by atoms with Crippen LogP contribution < -0.4 is 5.32 Å². The van der Waals surface area contributed by atoms with Gasteiger partial charge >= 0.3 is 0 Å². The van der Waals surface area contributed by atoms with Gasteiger partial charge in [0, 0.05) is 45.8 Å². The third kappa shape index (κ3) is 5.04. The van der Waals surface area contributed by atoms with E-state index in [0.717, 1.165) is 39.3 Å². The second kappa shape index (κ2) is 9.40. The van der Waals surface area contributed by atoms with Crippen molar-refractivity contribution >= 4 is 5.91 Å². The molecule has 1 aliphatic rings. The number of hydrogen-bond donors (Lipinski definition) is 1. The highest BCUT2D eigenvalue weighted by molar-refractivity contribution is 5.97. The van der Waals surface area contributed by atoms with E-state index in [-0.39, 0.29) is 5.91 Å². The second-order valence-electron chi connectivity index (χ2n) is 7.13. The predicted molar refractivity (Wildman–Crippen MR) is 110 cm³/mol. The van der Waals surface area contributed by atoms with Crippen molar-refractivity contribution in [1.29, 1.82) is 0 Å². The van der Waals surface area contributed by atoms with E-state index in [4.69, 9.17) is 0 Å². The molecule has 0 unspecified atom stereocenters. The zero-order valence-electron chi connectivity index (χ0n) is 16.3. The molecule has 0 atom stereocenters. The summed E-state index contributed by atoms with van der Waals surface area (Å²) in [5.41, 5.74) is 2.59. The molecule has 0 aliphatic carbocycles. The third-order valence-corrected chi connectivity index (χ3v) is 5.17. The maximum atomic E-state index is 12.6. The third-order valence-electron chi connectivity index (χ3n) is 5.17. The summed E-state index contributed by atoms with van der Waals surface area (Å²) in [6.45, 7) is 6.59. The second-order valence-corrected chi connectivity index (χ2v) is 7.13. The zero-order chi connectivity index (χ0) is 19.9. The molecule has 1 amide bonds. The number of nitrogens with zero attached hydrogens (tertiary/aromatic N) is 6. The van der Waals surface area contributed by atoms with E-state index in [0.29, 0.717) is 17.8 Å². The van der Waals surface area contributed by atoms with Crippen LogP contribution in [0.4, 0.5) is 0 Å². The van der Waals surface area contributed by atoms with Crippen molar-refractivity contribution < 1.29 is 4.79 Å². The van der Waals surface area contributed by atoms with Crippen LogP contribution in [0.5, 0.6) is 0 Å². The van der Waals surface area contributed by atoms with E-state index in [9.17, 15) is 4.79 Å². The first-order valence-electron chi connectivity index (χ1n) is 9.89. The molecule has 1 aromatic heterocycles. The summed E-state index contributed by atoms with van der Waals surface area (Å²) in [4.78, 5) is 17.5. The van der Waals surface area contributed by atoms with Gasteiger partial charge in [0.1, 0.15) is 6.33 Å². The molecular weight excluding hydrogens is 366 g/mol. The van der Waals surface area contributed by atoms with Gasteiger partial charge in [-0.15, -0.1) is 5.10 Å². The van der Waals surface area contributed by atoms with Crippen LogP contribution in [0.15, 0.2) is 60.9 Å². The summed E-state index contributed by atoms with van der Waals surface area (Å²) in [5.74, 6) is -0.112. The van der Waals surface area contributed by atoms with Gasteiger partial charge in [-0.2, -0.15) is 4.68 Å². The van der Waals surface area contributed by atoms with Gasteiger partial charge in [0.05, 0.1) is 11.3 Å². The molecular formula is C21H25N7O. The molecule has 1 aliphatic heterocycles. The van der Waals surface area contributed by atoms with Crippen molar-refractivity contribution in [3.05, 3.63) is 72.1 Å². The summed E-state index contributed by atoms with van der Waals surface area (Å²) in [7, 11) is 0. The Morgan fingerprint density at radius 1 is 0.931 bits per heavy atom. The van der Waals surface area contributed by atoms with Crippen molar-refractivity contribution in [2.45, 2.75) is 6.54 Å². The number of hydrogen-bond acceptors (Lipinski definition) is 6. The number of rotatable bonds is 7. The van der Waals surface area contributed by atoms with Crippen LogP contribution >= 0.6 is 0 Å². The number of tetrazole rings is 1. The van der Waals surface area contributed by atoms with Crippen LogP contribution in [-0.4, -0.2) is 75.2 Å². The van der Waals surface area contributed by atoms with Crippen molar-refractivity contribution in [1.82, 2.24) is 35.3 Å². The fourth-order valence-electron chi connectivity index (χ4n) is 3.57. The lowest BCUT2D eigenvalue weighted by molar-refractivity contribution is 0.0934. The normalized spacial score (nSPS) is 15.3. The maximum absolute atomic E-state index is 12.6. The first kappa shape index (κ1) is 19.2.